The molecule has 0 radical (unpaired) electrons. The van der Waals surface area contributed by atoms with E-state index in [2.05, 4.69) is 10.0 Å². The Kier molecular flexibility index (Phi) is 6.16. The third-order valence-corrected chi connectivity index (χ3v) is 5.30. The molecular weight excluding hydrogens is 280 g/mol. The van der Waals surface area contributed by atoms with Crippen LogP contribution in [0.5, 0.6) is 0 Å². The molecule has 0 unspecified atom stereocenters. The lowest BCUT2D eigenvalue weighted by Crippen LogP contribution is -2.26. The van der Waals surface area contributed by atoms with Gasteiger partial charge in [-0.05, 0) is 55.5 Å². The third kappa shape index (κ3) is 4.40. The van der Waals surface area contributed by atoms with Crippen LogP contribution in [0, 0.1) is 13.8 Å². The molecule has 6 heteroatoms. The first-order chi connectivity index (χ1) is 8.92. The van der Waals surface area contributed by atoms with Crippen molar-refractivity contribution in [1.29, 1.82) is 0 Å². The summed E-state index contributed by atoms with van der Waals surface area (Å²) < 4.78 is 27.3. The predicted octanol–water partition coefficient (Wildman–Crippen LogP) is 2.38. The average molecular weight is 302 g/mol. The molecular formula is C13H22N2O2S2. The van der Waals surface area contributed by atoms with Crippen LogP contribution in [0.2, 0.25) is 0 Å². The van der Waals surface area contributed by atoms with Gasteiger partial charge in [0, 0.05) is 19.3 Å². The van der Waals surface area contributed by atoms with Gasteiger partial charge in [-0.25, -0.2) is 13.1 Å². The van der Waals surface area contributed by atoms with Crippen LogP contribution < -0.4 is 10.0 Å². The van der Waals surface area contributed by atoms with Gasteiger partial charge in [-0.15, -0.1) is 0 Å². The maximum absolute atomic E-state index is 12.3. The summed E-state index contributed by atoms with van der Waals surface area (Å²) in [5, 5.41) is 3.03. The van der Waals surface area contributed by atoms with E-state index in [1.165, 1.54) is 0 Å². The fourth-order valence-corrected chi connectivity index (χ4v) is 3.97. The van der Waals surface area contributed by atoms with Gasteiger partial charge in [0.25, 0.3) is 0 Å². The number of sulfonamides is 1. The summed E-state index contributed by atoms with van der Waals surface area (Å²) in [7, 11) is -1.59. The molecule has 0 aliphatic carbocycles. The molecule has 1 rings (SSSR count). The Bertz CT molecular complexity index is 504. The van der Waals surface area contributed by atoms with Crippen LogP contribution in [0.1, 0.15) is 17.5 Å². The van der Waals surface area contributed by atoms with E-state index in [-0.39, 0.29) is 0 Å². The molecule has 0 aromatic heterocycles. The molecule has 0 spiro atoms. The second kappa shape index (κ2) is 7.17. The molecule has 1 aromatic carbocycles. The molecule has 0 amide bonds. The quantitative estimate of drug-likeness (QED) is 0.759. The molecule has 0 atom stereocenters. The van der Waals surface area contributed by atoms with Crippen molar-refractivity contribution in [3.05, 3.63) is 23.3 Å². The van der Waals surface area contributed by atoms with E-state index >= 15 is 0 Å². The Morgan fingerprint density at radius 1 is 1.21 bits per heavy atom. The van der Waals surface area contributed by atoms with Crippen molar-refractivity contribution in [2.24, 2.45) is 0 Å². The first kappa shape index (κ1) is 16.3. The van der Waals surface area contributed by atoms with Gasteiger partial charge >= 0.3 is 0 Å². The number of anilines is 1. The SMILES string of the molecule is CNc1cc(C)c(S(=O)(=O)NCCCSC)c(C)c1. The highest BCUT2D eigenvalue weighted by atomic mass is 32.2. The maximum Gasteiger partial charge on any atom is 0.241 e. The molecule has 108 valence electrons. The lowest BCUT2D eigenvalue weighted by Gasteiger charge is -2.14. The molecule has 1 aromatic rings. The smallest absolute Gasteiger partial charge is 0.241 e. The fraction of sp³-hybridized carbons (Fsp3) is 0.538. The van der Waals surface area contributed by atoms with Crippen molar-refractivity contribution in [2.75, 3.05) is 30.9 Å². The van der Waals surface area contributed by atoms with Crippen LogP contribution in [0.3, 0.4) is 0 Å². The average Bonchev–Trinajstić information content (AvgIpc) is 2.33. The van der Waals surface area contributed by atoms with Crippen LogP contribution in [0.15, 0.2) is 17.0 Å². The van der Waals surface area contributed by atoms with Gasteiger partial charge in [-0.1, -0.05) is 0 Å². The van der Waals surface area contributed by atoms with Gasteiger partial charge in [-0.2, -0.15) is 11.8 Å². The summed E-state index contributed by atoms with van der Waals surface area (Å²) in [6.45, 7) is 4.13. The van der Waals surface area contributed by atoms with Crippen molar-refractivity contribution in [2.45, 2.75) is 25.2 Å². The lowest BCUT2D eigenvalue weighted by molar-refractivity contribution is 0.580. The zero-order valence-electron chi connectivity index (χ0n) is 11.9. The van der Waals surface area contributed by atoms with E-state index in [4.69, 9.17) is 0 Å². The van der Waals surface area contributed by atoms with Crippen molar-refractivity contribution in [3.8, 4) is 0 Å². The normalized spacial score (nSPS) is 11.6. The largest absolute Gasteiger partial charge is 0.388 e. The van der Waals surface area contributed by atoms with Crippen LogP contribution in [-0.4, -0.2) is 34.0 Å². The summed E-state index contributed by atoms with van der Waals surface area (Å²) >= 11 is 1.72. The summed E-state index contributed by atoms with van der Waals surface area (Å²) in [5.74, 6) is 0.958. The van der Waals surface area contributed by atoms with E-state index < -0.39 is 10.0 Å². The second-order valence-electron chi connectivity index (χ2n) is 4.43. The predicted molar refractivity (Wildman–Crippen MR) is 83.7 cm³/mol. The fourth-order valence-electron chi connectivity index (χ4n) is 2.01. The van der Waals surface area contributed by atoms with Crippen molar-refractivity contribution < 1.29 is 8.42 Å². The molecule has 4 nitrogen and oxygen atoms in total. The van der Waals surface area contributed by atoms with Crippen LogP contribution in [-0.2, 0) is 10.0 Å². The number of hydrogen-bond donors (Lipinski definition) is 2. The van der Waals surface area contributed by atoms with Gasteiger partial charge in [0.1, 0.15) is 0 Å². The molecule has 0 fully saturated rings. The summed E-state index contributed by atoms with van der Waals surface area (Å²) in [4.78, 5) is 0.399. The molecule has 0 saturated heterocycles. The van der Waals surface area contributed by atoms with E-state index in [1.54, 1.807) is 11.8 Å². The highest BCUT2D eigenvalue weighted by Gasteiger charge is 2.19. The zero-order chi connectivity index (χ0) is 14.5. The molecule has 0 heterocycles. The first-order valence-electron chi connectivity index (χ1n) is 6.20. The monoisotopic (exact) mass is 302 g/mol. The van der Waals surface area contributed by atoms with Gasteiger partial charge in [-0.3, -0.25) is 0 Å². The topological polar surface area (TPSA) is 58.2 Å². The Labute approximate surface area is 120 Å². The van der Waals surface area contributed by atoms with E-state index in [0.29, 0.717) is 11.4 Å². The highest BCUT2D eigenvalue weighted by Crippen LogP contribution is 2.24. The molecule has 0 aliphatic heterocycles. The summed E-state index contributed by atoms with van der Waals surface area (Å²) in [6, 6.07) is 3.70. The molecule has 0 bridgehead atoms. The minimum atomic E-state index is -3.41. The molecule has 0 saturated carbocycles. The number of aryl methyl sites for hydroxylation is 2. The van der Waals surface area contributed by atoms with E-state index in [1.807, 2.05) is 39.3 Å². The van der Waals surface area contributed by atoms with Crippen LogP contribution in [0.4, 0.5) is 5.69 Å². The van der Waals surface area contributed by atoms with Crippen molar-refractivity contribution in [3.63, 3.8) is 0 Å². The van der Waals surface area contributed by atoms with Gasteiger partial charge < -0.3 is 5.32 Å². The van der Waals surface area contributed by atoms with Crippen molar-refractivity contribution >= 4 is 27.5 Å². The van der Waals surface area contributed by atoms with Crippen LogP contribution >= 0.6 is 11.8 Å². The summed E-state index contributed by atoms with van der Waals surface area (Å²) in [6.07, 6.45) is 2.85. The van der Waals surface area contributed by atoms with E-state index in [0.717, 1.165) is 29.0 Å². The number of rotatable bonds is 7. The molecule has 19 heavy (non-hydrogen) atoms. The van der Waals surface area contributed by atoms with Crippen molar-refractivity contribution in [1.82, 2.24) is 4.72 Å². The molecule has 2 N–H and O–H groups in total. The number of benzene rings is 1. The van der Waals surface area contributed by atoms with Gasteiger partial charge in [0.15, 0.2) is 0 Å². The Morgan fingerprint density at radius 3 is 2.26 bits per heavy atom. The number of thioether (sulfide) groups is 1. The minimum absolute atomic E-state index is 0.399. The maximum atomic E-state index is 12.3. The summed E-state index contributed by atoms with van der Waals surface area (Å²) in [5.41, 5.74) is 2.46. The zero-order valence-corrected chi connectivity index (χ0v) is 13.5. The third-order valence-electron chi connectivity index (χ3n) is 2.84. The van der Waals surface area contributed by atoms with Gasteiger partial charge in [0.05, 0.1) is 4.90 Å². The Morgan fingerprint density at radius 2 is 1.79 bits per heavy atom. The molecule has 0 aliphatic rings. The number of hydrogen-bond acceptors (Lipinski definition) is 4. The Hall–Kier alpha value is -0.720. The lowest BCUT2D eigenvalue weighted by atomic mass is 10.1. The van der Waals surface area contributed by atoms with Gasteiger partial charge in [0.2, 0.25) is 10.0 Å². The second-order valence-corrected chi connectivity index (χ2v) is 7.12. The minimum Gasteiger partial charge on any atom is -0.388 e. The standard InChI is InChI=1S/C13H22N2O2S2/c1-10-8-12(14-3)9-11(2)13(10)19(16,17)15-6-5-7-18-4/h8-9,14-15H,5-7H2,1-4H3. The highest BCUT2D eigenvalue weighted by molar-refractivity contribution is 7.98. The van der Waals surface area contributed by atoms with Crippen LogP contribution in [0.25, 0.3) is 0 Å². The van der Waals surface area contributed by atoms with E-state index in [9.17, 15) is 8.42 Å². The first-order valence-corrected chi connectivity index (χ1v) is 9.07. The Balaban J connectivity index is 2.95. The number of nitrogens with one attached hydrogen (secondary N) is 2.